The second-order valence-electron chi connectivity index (χ2n) is 5.28. The van der Waals surface area contributed by atoms with Crippen LogP contribution in [-0.4, -0.2) is 37.0 Å². The minimum absolute atomic E-state index is 0.124. The van der Waals surface area contributed by atoms with Crippen LogP contribution in [-0.2, 0) is 4.74 Å². The first-order chi connectivity index (χ1) is 7.86. The third-order valence-corrected chi connectivity index (χ3v) is 3.65. The predicted molar refractivity (Wildman–Crippen MR) is 64.4 cm³/mol. The number of aliphatic hydroxyl groups is 1. The zero-order valence-electron chi connectivity index (χ0n) is 10.2. The van der Waals surface area contributed by atoms with Crippen molar-refractivity contribution in [2.45, 2.75) is 57.1 Å². The van der Waals surface area contributed by atoms with Gasteiger partial charge in [0.25, 0.3) is 0 Å². The van der Waals surface area contributed by atoms with Gasteiger partial charge in [0.1, 0.15) is 0 Å². The minimum atomic E-state index is -0.124. The maximum atomic E-state index is 9.76. The average molecular weight is 227 g/mol. The molecule has 2 rings (SSSR count). The lowest BCUT2D eigenvalue weighted by atomic mass is 9.92. The molecule has 0 spiro atoms. The van der Waals surface area contributed by atoms with E-state index in [9.17, 15) is 5.11 Å². The molecular weight excluding hydrogens is 202 g/mol. The van der Waals surface area contributed by atoms with Crippen molar-refractivity contribution in [1.82, 2.24) is 5.32 Å². The van der Waals surface area contributed by atoms with Crippen LogP contribution in [0.4, 0.5) is 0 Å². The van der Waals surface area contributed by atoms with Gasteiger partial charge in [-0.25, -0.2) is 0 Å². The number of aliphatic hydroxyl groups excluding tert-OH is 1. The summed E-state index contributed by atoms with van der Waals surface area (Å²) in [6.07, 6.45) is 8.22. The molecule has 0 unspecified atom stereocenters. The molecule has 0 amide bonds. The van der Waals surface area contributed by atoms with Gasteiger partial charge in [-0.15, -0.1) is 0 Å². The first-order valence-electron chi connectivity index (χ1n) is 6.85. The molecule has 0 aromatic heterocycles. The minimum Gasteiger partial charge on any atom is -0.392 e. The van der Waals surface area contributed by atoms with Crippen LogP contribution in [0.5, 0.6) is 0 Å². The highest BCUT2D eigenvalue weighted by Gasteiger charge is 2.22. The van der Waals surface area contributed by atoms with Crippen molar-refractivity contribution in [2.75, 3.05) is 19.8 Å². The Morgan fingerprint density at radius 2 is 1.94 bits per heavy atom. The number of hydrogen-bond donors (Lipinski definition) is 2. The SMILES string of the molecule is O[C@H]1CCCC[C@@H]1NCCCOCC1CC1. The summed E-state index contributed by atoms with van der Waals surface area (Å²) in [5.41, 5.74) is 0. The Bertz CT molecular complexity index is 194. The highest BCUT2D eigenvalue weighted by atomic mass is 16.5. The summed E-state index contributed by atoms with van der Waals surface area (Å²) in [5.74, 6) is 0.869. The molecule has 0 heterocycles. The Labute approximate surface area is 98.6 Å². The molecule has 0 aromatic rings. The van der Waals surface area contributed by atoms with Crippen LogP contribution >= 0.6 is 0 Å². The maximum absolute atomic E-state index is 9.76. The van der Waals surface area contributed by atoms with Gasteiger partial charge in [0.2, 0.25) is 0 Å². The lowest BCUT2D eigenvalue weighted by molar-refractivity contribution is 0.0860. The summed E-state index contributed by atoms with van der Waals surface area (Å²) in [6, 6.07) is 0.331. The van der Waals surface area contributed by atoms with E-state index in [0.29, 0.717) is 6.04 Å². The van der Waals surface area contributed by atoms with Gasteiger partial charge in [-0.1, -0.05) is 12.8 Å². The van der Waals surface area contributed by atoms with Crippen LogP contribution in [0.2, 0.25) is 0 Å². The monoisotopic (exact) mass is 227 g/mol. The molecule has 3 heteroatoms. The summed E-state index contributed by atoms with van der Waals surface area (Å²) in [6.45, 7) is 2.81. The highest BCUT2D eigenvalue weighted by Crippen LogP contribution is 2.28. The fourth-order valence-electron chi connectivity index (χ4n) is 2.35. The topological polar surface area (TPSA) is 41.5 Å². The molecule has 2 N–H and O–H groups in total. The molecule has 0 saturated heterocycles. The van der Waals surface area contributed by atoms with Crippen molar-refractivity contribution >= 4 is 0 Å². The average Bonchev–Trinajstić information content (AvgIpc) is 3.09. The van der Waals surface area contributed by atoms with Crippen LogP contribution in [0.15, 0.2) is 0 Å². The first-order valence-corrected chi connectivity index (χ1v) is 6.85. The molecular formula is C13H25NO2. The lowest BCUT2D eigenvalue weighted by Crippen LogP contribution is -2.42. The van der Waals surface area contributed by atoms with E-state index in [1.165, 1.54) is 25.7 Å². The molecule has 0 bridgehead atoms. The van der Waals surface area contributed by atoms with E-state index in [1.807, 2.05) is 0 Å². The van der Waals surface area contributed by atoms with E-state index in [2.05, 4.69) is 5.32 Å². The first kappa shape index (κ1) is 12.3. The van der Waals surface area contributed by atoms with Crippen molar-refractivity contribution in [1.29, 1.82) is 0 Å². The summed E-state index contributed by atoms with van der Waals surface area (Å²) >= 11 is 0. The van der Waals surface area contributed by atoms with E-state index in [-0.39, 0.29) is 6.10 Å². The van der Waals surface area contributed by atoms with E-state index < -0.39 is 0 Å². The maximum Gasteiger partial charge on any atom is 0.0693 e. The largest absolute Gasteiger partial charge is 0.392 e. The van der Waals surface area contributed by atoms with Gasteiger partial charge >= 0.3 is 0 Å². The van der Waals surface area contributed by atoms with E-state index in [4.69, 9.17) is 4.74 Å². The van der Waals surface area contributed by atoms with Gasteiger partial charge in [-0.05, 0) is 44.6 Å². The van der Waals surface area contributed by atoms with Crippen molar-refractivity contribution < 1.29 is 9.84 Å². The van der Waals surface area contributed by atoms with Crippen molar-refractivity contribution in [2.24, 2.45) is 5.92 Å². The Balaban J connectivity index is 1.43. The molecule has 2 aliphatic rings. The molecule has 16 heavy (non-hydrogen) atoms. The van der Waals surface area contributed by atoms with Crippen LogP contribution < -0.4 is 5.32 Å². The van der Waals surface area contributed by atoms with Gasteiger partial charge in [0.05, 0.1) is 6.10 Å². The summed E-state index contributed by atoms with van der Waals surface area (Å²) in [5, 5.41) is 13.2. The van der Waals surface area contributed by atoms with Gasteiger partial charge in [0.15, 0.2) is 0 Å². The smallest absolute Gasteiger partial charge is 0.0693 e. The lowest BCUT2D eigenvalue weighted by Gasteiger charge is -2.28. The Morgan fingerprint density at radius 1 is 1.12 bits per heavy atom. The molecule has 94 valence electrons. The Hall–Kier alpha value is -0.120. The quantitative estimate of drug-likeness (QED) is 0.650. The third kappa shape index (κ3) is 4.40. The standard InChI is InChI=1S/C13H25NO2/c15-13-5-2-1-4-12(13)14-8-3-9-16-10-11-6-7-11/h11-15H,1-10H2/t12-,13-/m0/s1. The zero-order valence-corrected chi connectivity index (χ0v) is 10.2. The number of nitrogens with one attached hydrogen (secondary N) is 1. The molecule has 0 aromatic carbocycles. The number of rotatable bonds is 7. The predicted octanol–water partition coefficient (Wildman–Crippen LogP) is 1.70. The number of hydrogen-bond acceptors (Lipinski definition) is 3. The van der Waals surface area contributed by atoms with Crippen LogP contribution in [0.1, 0.15) is 44.9 Å². The van der Waals surface area contributed by atoms with Crippen LogP contribution in [0.3, 0.4) is 0 Å². The summed E-state index contributed by atoms with van der Waals surface area (Å²) in [7, 11) is 0. The van der Waals surface area contributed by atoms with Crippen LogP contribution in [0.25, 0.3) is 0 Å². The van der Waals surface area contributed by atoms with Crippen LogP contribution in [0, 0.1) is 5.92 Å². The zero-order chi connectivity index (χ0) is 11.2. The van der Waals surface area contributed by atoms with Crippen molar-refractivity contribution in [3.63, 3.8) is 0 Å². The number of ether oxygens (including phenoxy) is 1. The van der Waals surface area contributed by atoms with E-state index in [1.54, 1.807) is 0 Å². The normalized spacial score (nSPS) is 30.6. The summed E-state index contributed by atoms with van der Waals surface area (Å²) in [4.78, 5) is 0. The Morgan fingerprint density at radius 3 is 2.69 bits per heavy atom. The second-order valence-corrected chi connectivity index (χ2v) is 5.28. The summed E-state index contributed by atoms with van der Waals surface area (Å²) < 4.78 is 5.57. The van der Waals surface area contributed by atoms with E-state index >= 15 is 0 Å². The van der Waals surface area contributed by atoms with Crippen molar-refractivity contribution in [3.05, 3.63) is 0 Å². The molecule has 2 atom stereocenters. The molecule has 2 aliphatic carbocycles. The van der Waals surface area contributed by atoms with Gasteiger partial charge in [-0.3, -0.25) is 0 Å². The second kappa shape index (κ2) is 6.58. The van der Waals surface area contributed by atoms with Gasteiger partial charge in [0, 0.05) is 19.3 Å². The fraction of sp³-hybridized carbons (Fsp3) is 1.00. The molecule has 0 aliphatic heterocycles. The van der Waals surface area contributed by atoms with Gasteiger partial charge in [-0.2, -0.15) is 0 Å². The molecule has 2 saturated carbocycles. The Kier molecular flexibility index (Phi) is 5.07. The van der Waals surface area contributed by atoms with Crippen molar-refractivity contribution in [3.8, 4) is 0 Å². The van der Waals surface area contributed by atoms with E-state index in [0.717, 1.165) is 44.9 Å². The molecule has 2 fully saturated rings. The highest BCUT2D eigenvalue weighted by molar-refractivity contribution is 4.80. The van der Waals surface area contributed by atoms with Gasteiger partial charge < -0.3 is 15.2 Å². The fourth-order valence-corrected chi connectivity index (χ4v) is 2.35. The molecule has 0 radical (unpaired) electrons. The molecule has 3 nitrogen and oxygen atoms in total. The third-order valence-electron chi connectivity index (χ3n) is 3.65.